The average molecular weight is 213 g/mol. The number of thiol groups is 1. The third-order valence-corrected chi connectivity index (χ3v) is 2.28. The molecule has 0 aliphatic rings. The summed E-state index contributed by atoms with van der Waals surface area (Å²) in [5, 5.41) is 19.2. The van der Waals surface area contributed by atoms with Crippen LogP contribution in [0, 0.1) is 6.92 Å². The molecule has 4 heteroatoms. The number of aliphatic hydroxyl groups excluding tert-OH is 2. The van der Waals surface area contributed by atoms with Crippen LogP contribution in [0.4, 0.5) is 0 Å². The van der Waals surface area contributed by atoms with Crippen LogP contribution in [0.3, 0.4) is 0 Å². The molecule has 0 aromatic carbocycles. The fourth-order valence-electron chi connectivity index (χ4n) is 1.14. The topological polar surface area (TPSA) is 53.4 Å². The van der Waals surface area contributed by atoms with E-state index >= 15 is 0 Å². The van der Waals surface area contributed by atoms with Crippen molar-refractivity contribution < 1.29 is 10.2 Å². The second-order valence-electron chi connectivity index (χ2n) is 3.28. The number of aliphatic hydroxyl groups is 2. The van der Waals surface area contributed by atoms with Crippen LogP contribution in [0.5, 0.6) is 0 Å². The maximum atomic E-state index is 9.66. The van der Waals surface area contributed by atoms with Gasteiger partial charge in [-0.3, -0.25) is 4.98 Å². The van der Waals surface area contributed by atoms with Gasteiger partial charge in [-0.15, -0.1) is 0 Å². The number of pyridine rings is 1. The zero-order valence-electron chi connectivity index (χ0n) is 8.09. The molecule has 0 amide bonds. The third-order valence-electron chi connectivity index (χ3n) is 2.03. The number of aryl methyl sites for hydroxylation is 1. The Labute approximate surface area is 89.2 Å². The monoisotopic (exact) mass is 213 g/mol. The van der Waals surface area contributed by atoms with Crippen LogP contribution < -0.4 is 0 Å². The summed E-state index contributed by atoms with van der Waals surface area (Å²) in [4.78, 5) is 4.05. The molecule has 1 heterocycles. The van der Waals surface area contributed by atoms with Crippen LogP contribution >= 0.6 is 12.6 Å². The molecule has 2 unspecified atom stereocenters. The van der Waals surface area contributed by atoms with E-state index in [-0.39, 0.29) is 0 Å². The SMILES string of the molecule is Cc1ccc(C(O)C(O)CCS)nc1. The smallest absolute Gasteiger partial charge is 0.122 e. The largest absolute Gasteiger partial charge is 0.390 e. The van der Waals surface area contributed by atoms with Crippen LogP contribution in [0.2, 0.25) is 0 Å². The Morgan fingerprint density at radius 3 is 2.64 bits per heavy atom. The van der Waals surface area contributed by atoms with Crippen molar-refractivity contribution >= 4 is 12.6 Å². The number of nitrogens with zero attached hydrogens (tertiary/aromatic N) is 1. The van der Waals surface area contributed by atoms with Gasteiger partial charge in [0.15, 0.2) is 0 Å². The van der Waals surface area contributed by atoms with E-state index < -0.39 is 12.2 Å². The standard InChI is InChI=1S/C10H15NO2S/c1-7-2-3-8(11-6-7)10(13)9(12)4-5-14/h2-3,6,9-10,12-14H,4-5H2,1H3. The van der Waals surface area contributed by atoms with Crippen molar-refractivity contribution in [3.05, 3.63) is 29.6 Å². The molecule has 2 N–H and O–H groups in total. The third kappa shape index (κ3) is 2.97. The van der Waals surface area contributed by atoms with Gasteiger partial charge in [-0.1, -0.05) is 6.07 Å². The molecule has 1 aromatic heterocycles. The average Bonchev–Trinajstić information content (AvgIpc) is 2.18. The van der Waals surface area contributed by atoms with Gasteiger partial charge in [-0.05, 0) is 30.7 Å². The van der Waals surface area contributed by atoms with Crippen molar-refractivity contribution in [2.45, 2.75) is 25.6 Å². The van der Waals surface area contributed by atoms with E-state index in [0.29, 0.717) is 17.9 Å². The molecular weight excluding hydrogens is 198 g/mol. The predicted molar refractivity (Wildman–Crippen MR) is 58.4 cm³/mol. The van der Waals surface area contributed by atoms with E-state index in [1.807, 2.05) is 13.0 Å². The highest BCUT2D eigenvalue weighted by atomic mass is 32.1. The lowest BCUT2D eigenvalue weighted by molar-refractivity contribution is 0.0147. The Kier molecular flexibility index (Phi) is 4.38. The Morgan fingerprint density at radius 1 is 1.43 bits per heavy atom. The molecule has 0 saturated heterocycles. The van der Waals surface area contributed by atoms with E-state index in [4.69, 9.17) is 0 Å². The van der Waals surface area contributed by atoms with Gasteiger partial charge >= 0.3 is 0 Å². The van der Waals surface area contributed by atoms with Crippen LogP contribution in [-0.4, -0.2) is 27.1 Å². The number of rotatable bonds is 4. The van der Waals surface area contributed by atoms with Crippen molar-refractivity contribution in [3.63, 3.8) is 0 Å². The molecule has 0 aliphatic carbocycles. The van der Waals surface area contributed by atoms with Gasteiger partial charge < -0.3 is 10.2 Å². The van der Waals surface area contributed by atoms with Gasteiger partial charge in [-0.25, -0.2) is 0 Å². The van der Waals surface area contributed by atoms with Gasteiger partial charge in [0, 0.05) is 6.20 Å². The van der Waals surface area contributed by atoms with Gasteiger partial charge in [0.1, 0.15) is 6.10 Å². The van der Waals surface area contributed by atoms with E-state index in [1.54, 1.807) is 12.3 Å². The highest BCUT2D eigenvalue weighted by molar-refractivity contribution is 7.80. The van der Waals surface area contributed by atoms with E-state index in [2.05, 4.69) is 17.6 Å². The quantitative estimate of drug-likeness (QED) is 0.657. The molecule has 0 radical (unpaired) electrons. The zero-order valence-corrected chi connectivity index (χ0v) is 8.98. The second-order valence-corrected chi connectivity index (χ2v) is 3.73. The molecule has 2 atom stereocenters. The van der Waals surface area contributed by atoms with Gasteiger partial charge in [0.05, 0.1) is 11.8 Å². The van der Waals surface area contributed by atoms with Crippen molar-refractivity contribution in [3.8, 4) is 0 Å². The molecular formula is C10H15NO2S. The Hall–Kier alpha value is -0.580. The first-order chi connectivity index (χ1) is 6.65. The summed E-state index contributed by atoms with van der Waals surface area (Å²) in [5.74, 6) is 0.546. The highest BCUT2D eigenvalue weighted by Crippen LogP contribution is 2.17. The fourth-order valence-corrected chi connectivity index (χ4v) is 1.41. The first-order valence-electron chi connectivity index (χ1n) is 4.54. The van der Waals surface area contributed by atoms with Crippen LogP contribution in [0.25, 0.3) is 0 Å². The van der Waals surface area contributed by atoms with Crippen LogP contribution in [0.1, 0.15) is 23.8 Å². The zero-order chi connectivity index (χ0) is 10.6. The van der Waals surface area contributed by atoms with E-state index in [0.717, 1.165) is 5.56 Å². The number of hydrogen-bond acceptors (Lipinski definition) is 4. The van der Waals surface area contributed by atoms with Gasteiger partial charge in [-0.2, -0.15) is 12.6 Å². The summed E-state index contributed by atoms with van der Waals surface area (Å²) in [7, 11) is 0. The van der Waals surface area contributed by atoms with Crippen LogP contribution in [0.15, 0.2) is 18.3 Å². The number of aromatic nitrogens is 1. The molecule has 1 aromatic rings. The van der Waals surface area contributed by atoms with Crippen molar-refractivity contribution in [2.75, 3.05) is 5.75 Å². The lowest BCUT2D eigenvalue weighted by Gasteiger charge is -2.16. The minimum absolute atomic E-state index is 0.458. The first-order valence-corrected chi connectivity index (χ1v) is 5.18. The van der Waals surface area contributed by atoms with Crippen molar-refractivity contribution in [2.24, 2.45) is 0 Å². The summed E-state index contributed by atoms with van der Waals surface area (Å²) in [6.07, 6.45) is 0.427. The lowest BCUT2D eigenvalue weighted by Crippen LogP contribution is -2.19. The Morgan fingerprint density at radius 2 is 2.14 bits per heavy atom. The summed E-state index contributed by atoms with van der Waals surface area (Å²) in [6, 6.07) is 3.58. The summed E-state index contributed by atoms with van der Waals surface area (Å²) < 4.78 is 0. The maximum absolute atomic E-state index is 9.66. The van der Waals surface area contributed by atoms with E-state index in [1.165, 1.54) is 0 Å². The maximum Gasteiger partial charge on any atom is 0.122 e. The molecule has 0 spiro atoms. The van der Waals surface area contributed by atoms with Gasteiger partial charge in [0.25, 0.3) is 0 Å². The Balaban J connectivity index is 2.68. The minimum atomic E-state index is -0.914. The van der Waals surface area contributed by atoms with Gasteiger partial charge in [0.2, 0.25) is 0 Å². The summed E-state index contributed by atoms with van der Waals surface area (Å²) in [5.41, 5.74) is 1.54. The molecule has 3 nitrogen and oxygen atoms in total. The normalized spacial score (nSPS) is 15.1. The molecule has 0 fully saturated rings. The molecule has 14 heavy (non-hydrogen) atoms. The first kappa shape index (κ1) is 11.5. The minimum Gasteiger partial charge on any atom is -0.390 e. The molecule has 78 valence electrons. The summed E-state index contributed by atoms with van der Waals surface area (Å²) >= 11 is 3.99. The highest BCUT2D eigenvalue weighted by Gasteiger charge is 2.18. The Bertz CT molecular complexity index is 276. The molecule has 0 aliphatic heterocycles. The molecule has 1 rings (SSSR count). The number of hydrogen-bond donors (Lipinski definition) is 3. The summed E-state index contributed by atoms with van der Waals surface area (Å²) in [6.45, 7) is 1.92. The molecule has 0 bridgehead atoms. The molecule has 0 saturated carbocycles. The van der Waals surface area contributed by atoms with Crippen molar-refractivity contribution in [1.29, 1.82) is 0 Å². The van der Waals surface area contributed by atoms with Crippen molar-refractivity contribution in [1.82, 2.24) is 4.98 Å². The fraction of sp³-hybridized carbons (Fsp3) is 0.500. The van der Waals surface area contributed by atoms with E-state index in [9.17, 15) is 10.2 Å². The predicted octanol–water partition coefficient (Wildman–Crippen LogP) is 1.10. The second kappa shape index (κ2) is 5.34. The van der Waals surface area contributed by atoms with Crippen LogP contribution in [-0.2, 0) is 0 Å². The lowest BCUT2D eigenvalue weighted by atomic mass is 10.1.